The largest absolute Gasteiger partial charge is 0.358 e. The zero-order chi connectivity index (χ0) is 10.3. The van der Waals surface area contributed by atoms with Crippen molar-refractivity contribution in [1.82, 2.24) is 10.2 Å². The molecule has 0 amide bonds. The quantitative estimate of drug-likeness (QED) is 0.549. The average molecular weight is 196 g/mol. The molecule has 6 heteroatoms. The highest BCUT2D eigenvalue weighted by atomic mass is 16.6. The fraction of sp³-hybridized carbons (Fsp3) is 0.625. The lowest BCUT2D eigenvalue weighted by molar-refractivity contribution is -0.390. The van der Waals surface area contributed by atoms with Crippen molar-refractivity contribution in [3.63, 3.8) is 0 Å². The predicted octanol–water partition coefficient (Wildman–Crippen LogP) is 0.697. The van der Waals surface area contributed by atoms with Crippen molar-refractivity contribution in [2.45, 2.75) is 31.2 Å². The highest BCUT2D eigenvalue weighted by Crippen LogP contribution is 2.52. The Hall–Kier alpha value is -1.43. The maximum atomic E-state index is 10.7. The van der Waals surface area contributed by atoms with Gasteiger partial charge >= 0.3 is 5.82 Å². The first-order chi connectivity index (χ1) is 6.58. The molecule has 1 aromatic rings. The molecule has 1 fully saturated rings. The van der Waals surface area contributed by atoms with Gasteiger partial charge in [-0.3, -0.25) is 0 Å². The molecule has 1 aliphatic carbocycles. The molecule has 6 nitrogen and oxygen atoms in total. The van der Waals surface area contributed by atoms with E-state index in [-0.39, 0.29) is 17.3 Å². The number of nitro groups is 1. The minimum Gasteiger partial charge on any atom is -0.358 e. The zero-order valence-corrected chi connectivity index (χ0v) is 7.86. The van der Waals surface area contributed by atoms with Crippen molar-refractivity contribution < 1.29 is 4.92 Å². The van der Waals surface area contributed by atoms with E-state index in [1.807, 2.05) is 6.92 Å². The molecule has 3 N–H and O–H groups in total. The Morgan fingerprint density at radius 3 is 2.86 bits per heavy atom. The molecule has 14 heavy (non-hydrogen) atoms. The van der Waals surface area contributed by atoms with E-state index in [1.165, 1.54) is 6.20 Å². The van der Waals surface area contributed by atoms with E-state index in [9.17, 15) is 10.1 Å². The number of nitrogens with zero attached hydrogens (tertiary/aromatic N) is 2. The van der Waals surface area contributed by atoms with Crippen LogP contribution in [0.5, 0.6) is 0 Å². The first-order valence-electron chi connectivity index (χ1n) is 4.52. The maximum absolute atomic E-state index is 10.7. The first-order valence-corrected chi connectivity index (χ1v) is 4.52. The van der Waals surface area contributed by atoms with E-state index in [4.69, 9.17) is 5.73 Å². The predicted molar refractivity (Wildman–Crippen MR) is 49.8 cm³/mol. The van der Waals surface area contributed by atoms with Crippen LogP contribution in [0.25, 0.3) is 0 Å². The summed E-state index contributed by atoms with van der Waals surface area (Å²) < 4.78 is 0. The van der Waals surface area contributed by atoms with Crippen LogP contribution in [0, 0.1) is 10.1 Å². The van der Waals surface area contributed by atoms with Gasteiger partial charge in [-0.25, -0.2) is 0 Å². The standard InChI is InChI=1S/C8H12N4O2/c1-5(9)8(2-3-8)6-4-10-11-7(6)12(13)14/h4-5H,2-3,9H2,1H3,(H,10,11). The number of hydrogen-bond acceptors (Lipinski definition) is 4. The van der Waals surface area contributed by atoms with Crippen molar-refractivity contribution in [3.05, 3.63) is 21.9 Å². The van der Waals surface area contributed by atoms with Crippen LogP contribution in [-0.4, -0.2) is 21.2 Å². The highest BCUT2D eigenvalue weighted by Gasteiger charge is 2.51. The Morgan fingerprint density at radius 2 is 2.43 bits per heavy atom. The fourth-order valence-corrected chi connectivity index (χ4v) is 1.89. The topological polar surface area (TPSA) is 97.8 Å². The Labute approximate surface area is 80.6 Å². The van der Waals surface area contributed by atoms with Gasteiger partial charge in [0, 0.05) is 11.5 Å². The third-order valence-electron chi connectivity index (χ3n) is 3.00. The van der Waals surface area contributed by atoms with E-state index < -0.39 is 4.92 Å². The molecule has 0 aliphatic heterocycles. The van der Waals surface area contributed by atoms with E-state index >= 15 is 0 Å². The summed E-state index contributed by atoms with van der Waals surface area (Å²) in [5.41, 5.74) is 6.27. The maximum Gasteiger partial charge on any atom is 0.346 e. The Morgan fingerprint density at radius 1 is 1.79 bits per heavy atom. The van der Waals surface area contributed by atoms with Crippen LogP contribution < -0.4 is 5.73 Å². The average Bonchev–Trinajstić information content (AvgIpc) is 2.77. The van der Waals surface area contributed by atoms with Crippen molar-refractivity contribution >= 4 is 5.82 Å². The van der Waals surface area contributed by atoms with Gasteiger partial charge in [0.1, 0.15) is 0 Å². The van der Waals surface area contributed by atoms with Crippen molar-refractivity contribution in [2.75, 3.05) is 0 Å². The number of aromatic amines is 1. The lowest BCUT2D eigenvalue weighted by atomic mass is 9.91. The van der Waals surface area contributed by atoms with Crippen LogP contribution >= 0.6 is 0 Å². The molecule has 0 bridgehead atoms. The number of nitrogens with one attached hydrogen (secondary N) is 1. The Kier molecular flexibility index (Phi) is 1.81. The monoisotopic (exact) mass is 196 g/mol. The molecule has 2 rings (SSSR count). The van der Waals surface area contributed by atoms with Gasteiger partial charge in [-0.05, 0) is 24.7 Å². The molecule has 1 heterocycles. The molecule has 1 aliphatic rings. The SMILES string of the molecule is CC(N)C1(c2cn[nH]c2[N+](=O)[O-])CC1. The molecule has 76 valence electrons. The Bertz CT molecular complexity index is 367. The third kappa shape index (κ3) is 1.11. The second-order valence-electron chi connectivity index (χ2n) is 3.83. The van der Waals surface area contributed by atoms with Crippen LogP contribution in [-0.2, 0) is 5.41 Å². The van der Waals surface area contributed by atoms with E-state index in [0.29, 0.717) is 5.56 Å². The van der Waals surface area contributed by atoms with Gasteiger partial charge in [-0.15, -0.1) is 5.10 Å². The van der Waals surface area contributed by atoms with Gasteiger partial charge in [-0.1, -0.05) is 5.10 Å². The van der Waals surface area contributed by atoms with E-state index in [1.54, 1.807) is 0 Å². The van der Waals surface area contributed by atoms with Crippen LogP contribution in [0.15, 0.2) is 6.20 Å². The summed E-state index contributed by atoms with van der Waals surface area (Å²) in [6.07, 6.45) is 3.34. The molecular formula is C8H12N4O2. The molecule has 0 aromatic carbocycles. The summed E-state index contributed by atoms with van der Waals surface area (Å²) in [5.74, 6) is -0.0141. The number of nitrogens with two attached hydrogens (primary N) is 1. The highest BCUT2D eigenvalue weighted by molar-refractivity contribution is 5.42. The van der Waals surface area contributed by atoms with E-state index in [2.05, 4.69) is 10.2 Å². The molecule has 1 atom stereocenters. The lowest BCUT2D eigenvalue weighted by Gasteiger charge is -2.16. The lowest BCUT2D eigenvalue weighted by Crippen LogP contribution is -2.31. The van der Waals surface area contributed by atoms with Crippen molar-refractivity contribution in [3.8, 4) is 0 Å². The molecule has 0 spiro atoms. The summed E-state index contributed by atoms with van der Waals surface area (Å²) in [7, 11) is 0. The summed E-state index contributed by atoms with van der Waals surface area (Å²) in [6, 6.07) is -0.0706. The molecule has 1 aromatic heterocycles. The van der Waals surface area contributed by atoms with Gasteiger partial charge in [0.15, 0.2) is 0 Å². The Balaban J connectivity index is 2.42. The van der Waals surface area contributed by atoms with Crippen LogP contribution in [0.2, 0.25) is 0 Å². The molecular weight excluding hydrogens is 184 g/mol. The second kappa shape index (κ2) is 2.78. The summed E-state index contributed by atoms with van der Waals surface area (Å²) >= 11 is 0. The minimum atomic E-state index is -0.440. The van der Waals surface area contributed by atoms with Crippen LogP contribution in [0.3, 0.4) is 0 Å². The van der Waals surface area contributed by atoms with Gasteiger partial charge in [0.25, 0.3) is 0 Å². The van der Waals surface area contributed by atoms with E-state index in [0.717, 1.165) is 12.8 Å². The number of rotatable bonds is 3. The summed E-state index contributed by atoms with van der Waals surface area (Å²) in [5, 5.41) is 16.8. The van der Waals surface area contributed by atoms with Gasteiger partial charge in [0.2, 0.25) is 0 Å². The normalized spacial score (nSPS) is 20.4. The van der Waals surface area contributed by atoms with Crippen LogP contribution in [0.4, 0.5) is 5.82 Å². The summed E-state index contributed by atoms with van der Waals surface area (Å²) in [4.78, 5) is 10.2. The third-order valence-corrected chi connectivity index (χ3v) is 3.00. The second-order valence-corrected chi connectivity index (χ2v) is 3.83. The van der Waals surface area contributed by atoms with Crippen LogP contribution in [0.1, 0.15) is 25.3 Å². The number of aromatic nitrogens is 2. The first kappa shape index (κ1) is 9.14. The van der Waals surface area contributed by atoms with Gasteiger partial charge in [-0.2, -0.15) is 0 Å². The van der Waals surface area contributed by atoms with Crippen molar-refractivity contribution in [2.24, 2.45) is 5.73 Å². The number of H-pyrrole nitrogens is 1. The molecule has 0 radical (unpaired) electrons. The molecule has 1 unspecified atom stereocenters. The number of hydrogen-bond donors (Lipinski definition) is 2. The van der Waals surface area contributed by atoms with Gasteiger partial charge in [0.05, 0.1) is 11.8 Å². The summed E-state index contributed by atoms with van der Waals surface area (Å²) in [6.45, 7) is 1.88. The molecule has 0 saturated heterocycles. The van der Waals surface area contributed by atoms with Gasteiger partial charge < -0.3 is 15.8 Å². The molecule has 1 saturated carbocycles. The zero-order valence-electron chi connectivity index (χ0n) is 7.86. The van der Waals surface area contributed by atoms with Crippen molar-refractivity contribution in [1.29, 1.82) is 0 Å². The minimum absolute atomic E-state index is 0.0141. The smallest absolute Gasteiger partial charge is 0.346 e. The fourth-order valence-electron chi connectivity index (χ4n) is 1.89.